The van der Waals surface area contributed by atoms with Crippen molar-refractivity contribution in [2.75, 3.05) is 25.8 Å². The van der Waals surface area contributed by atoms with Gasteiger partial charge in [-0.1, -0.05) is 11.6 Å². The summed E-state index contributed by atoms with van der Waals surface area (Å²) in [5.74, 6) is -0.571. The number of amides is 1. The lowest BCUT2D eigenvalue weighted by molar-refractivity contribution is -0.160. The molecular weight excluding hydrogens is 262 g/mol. The van der Waals surface area contributed by atoms with E-state index in [-0.39, 0.29) is 19.2 Å². The maximum atomic E-state index is 11.8. The van der Waals surface area contributed by atoms with Gasteiger partial charge in [-0.3, -0.25) is 0 Å². The van der Waals surface area contributed by atoms with Crippen molar-refractivity contribution < 1.29 is 23.8 Å². The van der Waals surface area contributed by atoms with E-state index in [4.69, 9.17) is 21.1 Å². The molecule has 1 atom stereocenters. The zero-order valence-electron chi connectivity index (χ0n) is 10.8. The predicted octanol–water partition coefficient (Wildman–Crippen LogP) is 1.36. The molecule has 0 spiro atoms. The Morgan fingerprint density at radius 1 is 1.44 bits per heavy atom. The molecule has 1 fully saturated rings. The highest BCUT2D eigenvalue weighted by molar-refractivity contribution is 6.17. The van der Waals surface area contributed by atoms with Crippen molar-refractivity contribution in [3.8, 4) is 0 Å². The molecule has 0 N–H and O–H groups in total. The van der Waals surface area contributed by atoms with Crippen molar-refractivity contribution in [2.45, 2.75) is 32.5 Å². The number of hydrogen-bond donors (Lipinski definition) is 0. The Labute approximate surface area is 111 Å². The summed E-state index contributed by atoms with van der Waals surface area (Å²) in [6, 6.07) is -0.231. The van der Waals surface area contributed by atoms with Gasteiger partial charge in [0, 0.05) is 6.54 Å². The van der Waals surface area contributed by atoms with Crippen LogP contribution in [0.3, 0.4) is 0 Å². The zero-order chi connectivity index (χ0) is 13.8. The Morgan fingerprint density at radius 3 is 2.67 bits per heavy atom. The van der Waals surface area contributed by atoms with E-state index in [0.29, 0.717) is 6.54 Å². The molecule has 104 valence electrons. The molecule has 0 aromatic heterocycles. The van der Waals surface area contributed by atoms with Gasteiger partial charge in [-0.15, -0.1) is 0 Å². The topological polar surface area (TPSA) is 65.1 Å². The highest BCUT2D eigenvalue weighted by atomic mass is 35.5. The van der Waals surface area contributed by atoms with Crippen LogP contribution in [0.25, 0.3) is 0 Å². The fourth-order valence-corrected chi connectivity index (χ4v) is 1.54. The molecule has 0 aliphatic carbocycles. The molecule has 1 aliphatic heterocycles. The van der Waals surface area contributed by atoms with Crippen LogP contribution in [0, 0.1) is 0 Å². The van der Waals surface area contributed by atoms with Crippen molar-refractivity contribution in [1.29, 1.82) is 0 Å². The molecule has 0 aromatic carbocycles. The lowest BCUT2D eigenvalue weighted by Crippen LogP contribution is -2.50. The van der Waals surface area contributed by atoms with E-state index < -0.39 is 23.8 Å². The minimum Gasteiger partial charge on any atom is -0.447 e. The first kappa shape index (κ1) is 15.0. The quantitative estimate of drug-likeness (QED) is 0.564. The van der Waals surface area contributed by atoms with Crippen LogP contribution in [-0.4, -0.2) is 54.4 Å². The van der Waals surface area contributed by atoms with Gasteiger partial charge < -0.3 is 19.1 Å². The summed E-state index contributed by atoms with van der Waals surface area (Å²) >= 11 is 5.30. The van der Waals surface area contributed by atoms with Gasteiger partial charge in [0.2, 0.25) is 0 Å². The average Bonchev–Trinajstić information content (AvgIpc) is 2.27. The second-order valence-corrected chi connectivity index (χ2v) is 5.08. The molecule has 1 heterocycles. The minimum absolute atomic E-state index is 0.116. The van der Waals surface area contributed by atoms with E-state index >= 15 is 0 Å². The van der Waals surface area contributed by atoms with Crippen LogP contribution < -0.4 is 0 Å². The largest absolute Gasteiger partial charge is 0.447 e. The fraction of sp³-hybridized carbons (Fsp3) is 0.818. The van der Waals surface area contributed by atoms with E-state index in [1.807, 2.05) is 0 Å². The van der Waals surface area contributed by atoms with Crippen LogP contribution >= 0.6 is 11.6 Å². The first-order valence-corrected chi connectivity index (χ1v) is 6.19. The maximum absolute atomic E-state index is 11.8. The normalized spacial score (nSPS) is 20.4. The summed E-state index contributed by atoms with van der Waals surface area (Å²) in [4.78, 5) is 24.7. The van der Waals surface area contributed by atoms with E-state index in [1.54, 1.807) is 20.8 Å². The van der Waals surface area contributed by atoms with Crippen LogP contribution in [0.4, 0.5) is 4.79 Å². The Bertz CT molecular complexity index is 315. The van der Waals surface area contributed by atoms with Crippen LogP contribution in [-0.2, 0) is 19.0 Å². The minimum atomic E-state index is -0.801. The Hall–Kier alpha value is -1.01. The number of rotatable bonds is 2. The average molecular weight is 280 g/mol. The molecule has 0 bridgehead atoms. The first-order chi connectivity index (χ1) is 8.33. The standard InChI is InChI=1S/C11H18ClNO5/c1-11(2,3)18-10(15)13-4-5-16-8(6-13)9(14)17-7-12/h8H,4-7H2,1-3H3. The number of carbonyl (C=O) groups excluding carboxylic acids is 2. The molecule has 0 saturated carbocycles. The van der Waals surface area contributed by atoms with E-state index in [1.165, 1.54) is 4.90 Å². The highest BCUT2D eigenvalue weighted by Crippen LogP contribution is 2.13. The van der Waals surface area contributed by atoms with Gasteiger partial charge in [0.15, 0.2) is 12.2 Å². The third-order valence-corrected chi connectivity index (χ3v) is 2.29. The Balaban J connectivity index is 2.53. The Kier molecular flexibility index (Phi) is 5.22. The second kappa shape index (κ2) is 6.24. The van der Waals surface area contributed by atoms with E-state index in [9.17, 15) is 9.59 Å². The van der Waals surface area contributed by atoms with Crippen LogP contribution in [0.15, 0.2) is 0 Å². The number of morpholine rings is 1. The van der Waals surface area contributed by atoms with Crippen molar-refractivity contribution in [3.05, 3.63) is 0 Å². The number of alkyl halides is 1. The summed E-state index contributed by atoms with van der Waals surface area (Å²) in [7, 11) is 0. The van der Waals surface area contributed by atoms with E-state index in [2.05, 4.69) is 4.74 Å². The number of carbonyl (C=O) groups is 2. The third-order valence-electron chi connectivity index (χ3n) is 2.18. The monoisotopic (exact) mass is 279 g/mol. The lowest BCUT2D eigenvalue weighted by Gasteiger charge is -2.33. The summed E-state index contributed by atoms with van der Waals surface area (Å²) in [5, 5.41) is 0. The van der Waals surface area contributed by atoms with E-state index in [0.717, 1.165) is 0 Å². The van der Waals surface area contributed by atoms with Crippen LogP contribution in [0.2, 0.25) is 0 Å². The molecule has 18 heavy (non-hydrogen) atoms. The molecule has 0 radical (unpaired) electrons. The number of ether oxygens (including phenoxy) is 3. The SMILES string of the molecule is CC(C)(C)OC(=O)N1CCOC(C(=O)OCCl)C1. The molecule has 1 rings (SSSR count). The molecule has 0 aromatic rings. The van der Waals surface area contributed by atoms with Gasteiger partial charge in [-0.2, -0.15) is 0 Å². The number of halogens is 1. The van der Waals surface area contributed by atoms with Crippen LogP contribution in [0.1, 0.15) is 20.8 Å². The van der Waals surface area contributed by atoms with Crippen LogP contribution in [0.5, 0.6) is 0 Å². The molecule has 1 saturated heterocycles. The summed E-state index contributed by atoms with van der Waals surface area (Å²) in [6.07, 6.45) is -1.26. The lowest BCUT2D eigenvalue weighted by atomic mass is 10.2. The third kappa shape index (κ3) is 4.70. The molecule has 1 aliphatic rings. The molecule has 1 amide bonds. The van der Waals surface area contributed by atoms with Gasteiger partial charge in [0.05, 0.1) is 13.2 Å². The molecule has 1 unspecified atom stereocenters. The van der Waals surface area contributed by atoms with Gasteiger partial charge in [0.25, 0.3) is 0 Å². The number of esters is 1. The smallest absolute Gasteiger partial charge is 0.410 e. The van der Waals surface area contributed by atoms with Crippen molar-refractivity contribution >= 4 is 23.7 Å². The van der Waals surface area contributed by atoms with Crippen molar-refractivity contribution in [3.63, 3.8) is 0 Å². The molecule has 6 nitrogen and oxygen atoms in total. The van der Waals surface area contributed by atoms with Gasteiger partial charge in [0.1, 0.15) is 5.60 Å². The number of nitrogens with zero attached hydrogens (tertiary/aromatic N) is 1. The Morgan fingerprint density at radius 2 is 2.11 bits per heavy atom. The summed E-state index contributed by atoms with van der Waals surface area (Å²) in [5.41, 5.74) is -0.568. The van der Waals surface area contributed by atoms with Gasteiger partial charge in [-0.05, 0) is 20.8 Å². The second-order valence-electron chi connectivity index (χ2n) is 4.86. The van der Waals surface area contributed by atoms with Gasteiger partial charge in [-0.25, -0.2) is 9.59 Å². The fourth-order valence-electron chi connectivity index (χ4n) is 1.43. The number of hydrogen-bond acceptors (Lipinski definition) is 5. The zero-order valence-corrected chi connectivity index (χ0v) is 11.5. The predicted molar refractivity (Wildman–Crippen MR) is 64.4 cm³/mol. The maximum Gasteiger partial charge on any atom is 0.410 e. The summed E-state index contributed by atoms with van der Waals surface area (Å²) in [6.45, 7) is 6.12. The first-order valence-electron chi connectivity index (χ1n) is 5.65. The molecular formula is C11H18ClNO5. The summed E-state index contributed by atoms with van der Waals surface area (Å²) < 4.78 is 15.1. The highest BCUT2D eigenvalue weighted by Gasteiger charge is 2.32. The van der Waals surface area contributed by atoms with Gasteiger partial charge >= 0.3 is 12.1 Å². The molecule has 7 heteroatoms. The van der Waals surface area contributed by atoms with Crippen molar-refractivity contribution in [1.82, 2.24) is 4.90 Å². The van der Waals surface area contributed by atoms with Crippen molar-refractivity contribution in [2.24, 2.45) is 0 Å².